The molecule has 0 aromatic heterocycles. The summed E-state index contributed by atoms with van der Waals surface area (Å²) >= 11 is 0. The van der Waals surface area contributed by atoms with E-state index in [2.05, 4.69) is 12.2 Å². The number of carbonyl (C=O) groups is 1. The van der Waals surface area contributed by atoms with E-state index in [1.165, 1.54) is 6.42 Å². The van der Waals surface area contributed by atoms with Crippen molar-refractivity contribution in [1.82, 2.24) is 5.32 Å². The zero-order valence-electron chi connectivity index (χ0n) is 10.7. The Morgan fingerprint density at radius 1 is 1.40 bits per heavy atom. The lowest BCUT2D eigenvalue weighted by Crippen LogP contribution is -2.37. The molecular formula is C12H25NO2. The van der Waals surface area contributed by atoms with Crippen molar-refractivity contribution in [2.24, 2.45) is 0 Å². The Kier molecular flexibility index (Phi) is 6.57. The van der Waals surface area contributed by atoms with Gasteiger partial charge in [-0.25, -0.2) is 0 Å². The number of unbranched alkanes of at least 4 members (excludes halogenated alkanes) is 1. The highest BCUT2D eigenvalue weighted by atomic mass is 16.5. The van der Waals surface area contributed by atoms with Gasteiger partial charge in [0.1, 0.15) is 6.61 Å². The molecule has 0 radical (unpaired) electrons. The summed E-state index contributed by atoms with van der Waals surface area (Å²) in [7, 11) is 0. The van der Waals surface area contributed by atoms with Gasteiger partial charge in [-0.3, -0.25) is 4.79 Å². The van der Waals surface area contributed by atoms with Gasteiger partial charge in [0, 0.05) is 6.04 Å². The van der Waals surface area contributed by atoms with Gasteiger partial charge in [0.15, 0.2) is 0 Å². The van der Waals surface area contributed by atoms with Crippen molar-refractivity contribution in [3.8, 4) is 0 Å². The zero-order valence-corrected chi connectivity index (χ0v) is 10.7. The largest absolute Gasteiger partial charge is 0.366 e. The van der Waals surface area contributed by atoms with E-state index in [-0.39, 0.29) is 24.2 Å². The minimum Gasteiger partial charge on any atom is -0.366 e. The molecule has 1 amide bonds. The van der Waals surface area contributed by atoms with Gasteiger partial charge < -0.3 is 10.1 Å². The van der Waals surface area contributed by atoms with E-state index in [9.17, 15) is 4.79 Å². The molecule has 90 valence electrons. The van der Waals surface area contributed by atoms with Crippen LogP contribution in [0.15, 0.2) is 0 Å². The smallest absolute Gasteiger partial charge is 0.246 e. The number of hydrogen-bond donors (Lipinski definition) is 1. The van der Waals surface area contributed by atoms with Crippen molar-refractivity contribution in [2.75, 3.05) is 6.61 Å². The predicted molar refractivity (Wildman–Crippen MR) is 62.8 cm³/mol. The summed E-state index contributed by atoms with van der Waals surface area (Å²) in [5, 5.41) is 2.92. The molecule has 1 N–H and O–H groups in total. The molecule has 0 saturated carbocycles. The molecule has 3 nitrogen and oxygen atoms in total. The van der Waals surface area contributed by atoms with Crippen molar-refractivity contribution in [3.05, 3.63) is 0 Å². The topological polar surface area (TPSA) is 38.3 Å². The summed E-state index contributed by atoms with van der Waals surface area (Å²) < 4.78 is 5.38. The molecule has 0 heterocycles. The predicted octanol–water partition coefficient (Wildman–Crippen LogP) is 2.50. The molecule has 0 fully saturated rings. The number of rotatable bonds is 6. The van der Waals surface area contributed by atoms with Crippen molar-refractivity contribution >= 4 is 5.91 Å². The normalized spacial score (nSPS) is 13.7. The Hall–Kier alpha value is -0.570. The minimum atomic E-state index is -0.246. The first-order valence-electron chi connectivity index (χ1n) is 5.78. The molecule has 0 saturated heterocycles. The van der Waals surface area contributed by atoms with Crippen LogP contribution in [-0.4, -0.2) is 24.2 Å². The fraction of sp³-hybridized carbons (Fsp3) is 0.917. The first-order valence-corrected chi connectivity index (χ1v) is 5.78. The van der Waals surface area contributed by atoms with Crippen LogP contribution < -0.4 is 5.32 Å². The van der Waals surface area contributed by atoms with Crippen LogP contribution in [0.25, 0.3) is 0 Å². The van der Waals surface area contributed by atoms with Crippen molar-refractivity contribution in [1.29, 1.82) is 0 Å². The molecule has 1 atom stereocenters. The van der Waals surface area contributed by atoms with E-state index in [1.54, 1.807) is 0 Å². The Balaban J connectivity index is 3.64. The second-order valence-corrected chi connectivity index (χ2v) is 5.01. The second-order valence-electron chi connectivity index (χ2n) is 5.01. The molecule has 0 aliphatic rings. The molecule has 0 rings (SSSR count). The van der Waals surface area contributed by atoms with Crippen LogP contribution in [0.2, 0.25) is 0 Å². The van der Waals surface area contributed by atoms with E-state index >= 15 is 0 Å². The van der Waals surface area contributed by atoms with Crippen LogP contribution in [0, 0.1) is 0 Å². The maximum absolute atomic E-state index is 11.4. The van der Waals surface area contributed by atoms with Crippen molar-refractivity contribution in [3.63, 3.8) is 0 Å². The quantitative estimate of drug-likeness (QED) is 0.739. The van der Waals surface area contributed by atoms with Crippen LogP contribution in [0.5, 0.6) is 0 Å². The van der Waals surface area contributed by atoms with E-state index < -0.39 is 0 Å². The third-order valence-corrected chi connectivity index (χ3v) is 2.03. The van der Waals surface area contributed by atoms with Gasteiger partial charge in [0.2, 0.25) is 5.91 Å². The van der Waals surface area contributed by atoms with Crippen molar-refractivity contribution < 1.29 is 9.53 Å². The van der Waals surface area contributed by atoms with Gasteiger partial charge in [-0.05, 0) is 34.1 Å². The van der Waals surface area contributed by atoms with Crippen LogP contribution in [-0.2, 0) is 9.53 Å². The maximum Gasteiger partial charge on any atom is 0.246 e. The second kappa shape index (κ2) is 6.83. The van der Waals surface area contributed by atoms with Crippen LogP contribution in [0.4, 0.5) is 0 Å². The Morgan fingerprint density at radius 2 is 2.00 bits per heavy atom. The number of carbonyl (C=O) groups excluding carboxylic acids is 1. The molecule has 0 bridgehead atoms. The third-order valence-electron chi connectivity index (χ3n) is 2.03. The molecule has 15 heavy (non-hydrogen) atoms. The zero-order chi connectivity index (χ0) is 11.9. The fourth-order valence-electron chi connectivity index (χ4n) is 1.18. The highest BCUT2D eigenvalue weighted by molar-refractivity contribution is 5.77. The molecule has 0 spiro atoms. The van der Waals surface area contributed by atoms with Gasteiger partial charge in [-0.1, -0.05) is 19.8 Å². The summed E-state index contributed by atoms with van der Waals surface area (Å²) in [5.41, 5.74) is -0.246. The number of hydrogen-bond acceptors (Lipinski definition) is 2. The number of nitrogens with one attached hydrogen (secondary N) is 1. The first-order chi connectivity index (χ1) is 6.85. The van der Waals surface area contributed by atoms with E-state index in [1.807, 2.05) is 27.7 Å². The molecule has 0 aliphatic carbocycles. The lowest BCUT2D eigenvalue weighted by molar-refractivity contribution is -0.131. The number of amides is 1. The van der Waals surface area contributed by atoms with Crippen LogP contribution in [0.1, 0.15) is 53.9 Å². The Labute approximate surface area is 93.6 Å². The van der Waals surface area contributed by atoms with E-state index in [0.29, 0.717) is 0 Å². The minimum absolute atomic E-state index is 0.0199. The van der Waals surface area contributed by atoms with Gasteiger partial charge >= 0.3 is 0 Å². The Morgan fingerprint density at radius 3 is 2.47 bits per heavy atom. The Bertz CT molecular complexity index is 185. The standard InChI is InChI=1S/C12H25NO2/c1-6-7-8-10(2)13-11(14)9-15-12(3,4)5/h10H,6-9H2,1-5H3,(H,13,14). The highest BCUT2D eigenvalue weighted by Gasteiger charge is 2.13. The monoisotopic (exact) mass is 215 g/mol. The summed E-state index contributed by atoms with van der Waals surface area (Å²) in [5.74, 6) is -0.0199. The average Bonchev–Trinajstić information content (AvgIpc) is 2.10. The molecule has 0 aromatic rings. The van der Waals surface area contributed by atoms with Crippen LogP contribution >= 0.6 is 0 Å². The molecular weight excluding hydrogens is 190 g/mol. The molecule has 0 aromatic carbocycles. The summed E-state index contributed by atoms with van der Waals surface area (Å²) in [4.78, 5) is 11.4. The van der Waals surface area contributed by atoms with Gasteiger partial charge in [-0.15, -0.1) is 0 Å². The summed E-state index contributed by atoms with van der Waals surface area (Å²) in [6, 6.07) is 0.251. The molecule has 0 aliphatic heterocycles. The summed E-state index contributed by atoms with van der Waals surface area (Å²) in [6.07, 6.45) is 3.36. The SMILES string of the molecule is CCCCC(C)NC(=O)COC(C)(C)C. The highest BCUT2D eigenvalue weighted by Crippen LogP contribution is 2.06. The fourth-order valence-corrected chi connectivity index (χ4v) is 1.18. The first kappa shape index (κ1) is 14.4. The molecule has 3 heteroatoms. The number of ether oxygens (including phenoxy) is 1. The molecule has 1 unspecified atom stereocenters. The van der Waals surface area contributed by atoms with Crippen molar-refractivity contribution in [2.45, 2.75) is 65.5 Å². The lowest BCUT2D eigenvalue weighted by Gasteiger charge is -2.20. The lowest BCUT2D eigenvalue weighted by atomic mass is 10.1. The summed E-state index contributed by atoms with van der Waals surface area (Å²) in [6.45, 7) is 10.2. The third kappa shape index (κ3) is 9.73. The maximum atomic E-state index is 11.4. The van der Waals surface area contributed by atoms with Crippen LogP contribution in [0.3, 0.4) is 0 Å². The van der Waals surface area contributed by atoms with Gasteiger partial charge in [0.05, 0.1) is 5.60 Å². The van der Waals surface area contributed by atoms with E-state index in [4.69, 9.17) is 4.74 Å². The van der Waals surface area contributed by atoms with Gasteiger partial charge in [-0.2, -0.15) is 0 Å². The average molecular weight is 215 g/mol. The van der Waals surface area contributed by atoms with Gasteiger partial charge in [0.25, 0.3) is 0 Å². The van der Waals surface area contributed by atoms with E-state index in [0.717, 1.165) is 12.8 Å².